The molecule has 6 nitrogen and oxygen atoms in total. The van der Waals surface area contributed by atoms with Crippen molar-refractivity contribution in [2.45, 2.75) is 0 Å². The van der Waals surface area contributed by atoms with Gasteiger partial charge >= 0.3 is 5.69 Å². The number of anilines is 1. The van der Waals surface area contributed by atoms with Crippen LogP contribution in [0.1, 0.15) is 5.56 Å². The number of hydrazone groups is 1. The molecule has 0 saturated carbocycles. The molecule has 18 heavy (non-hydrogen) atoms. The Labute approximate surface area is 103 Å². The molecule has 0 fully saturated rings. The number of aromatic nitrogens is 3. The minimum atomic E-state index is -0.518. The monoisotopic (exact) mass is 241 g/mol. The van der Waals surface area contributed by atoms with E-state index in [0.29, 0.717) is 5.82 Å². The summed E-state index contributed by atoms with van der Waals surface area (Å²) in [4.78, 5) is 14.4. The van der Waals surface area contributed by atoms with Crippen LogP contribution in [0.3, 0.4) is 0 Å². The Bertz CT molecular complexity index is 603. The molecule has 0 bridgehead atoms. The molecule has 0 aliphatic rings. The van der Waals surface area contributed by atoms with Gasteiger partial charge in [0, 0.05) is 6.21 Å². The number of allylic oxidation sites excluding steroid dienone is 1. The van der Waals surface area contributed by atoms with Gasteiger partial charge in [-0.25, -0.2) is 9.89 Å². The van der Waals surface area contributed by atoms with Crippen molar-refractivity contribution >= 4 is 18.1 Å². The zero-order valence-electron chi connectivity index (χ0n) is 9.45. The first-order valence-corrected chi connectivity index (χ1v) is 5.27. The van der Waals surface area contributed by atoms with Crippen LogP contribution in [0, 0.1) is 0 Å². The number of aromatic amines is 1. The summed E-state index contributed by atoms with van der Waals surface area (Å²) >= 11 is 0. The Hall–Kier alpha value is -2.76. The van der Waals surface area contributed by atoms with Gasteiger partial charge in [-0.05, 0) is 11.6 Å². The molecular weight excluding hydrogens is 230 g/mol. The van der Waals surface area contributed by atoms with Crippen LogP contribution in [0.2, 0.25) is 0 Å². The quantitative estimate of drug-likeness (QED) is 0.624. The molecule has 0 saturated heterocycles. The molecule has 0 aliphatic heterocycles. The van der Waals surface area contributed by atoms with E-state index in [0.717, 1.165) is 5.56 Å². The van der Waals surface area contributed by atoms with Crippen molar-refractivity contribution in [2.75, 3.05) is 5.43 Å². The van der Waals surface area contributed by atoms with Crippen LogP contribution < -0.4 is 11.1 Å². The highest BCUT2D eigenvalue weighted by Gasteiger charge is 1.90. The van der Waals surface area contributed by atoms with Gasteiger partial charge in [0.05, 0.1) is 6.20 Å². The molecule has 6 heteroatoms. The summed E-state index contributed by atoms with van der Waals surface area (Å²) in [5.74, 6) is 0.295. The third-order valence-corrected chi connectivity index (χ3v) is 2.00. The number of H-pyrrole nitrogens is 1. The van der Waals surface area contributed by atoms with Gasteiger partial charge in [-0.15, -0.1) is 0 Å². The van der Waals surface area contributed by atoms with Crippen LogP contribution in [-0.2, 0) is 0 Å². The van der Waals surface area contributed by atoms with Crippen LogP contribution in [0.4, 0.5) is 5.82 Å². The van der Waals surface area contributed by atoms with Crippen molar-refractivity contribution in [3.05, 3.63) is 58.7 Å². The fourth-order valence-corrected chi connectivity index (χ4v) is 1.23. The third kappa shape index (κ3) is 3.67. The smallest absolute Gasteiger partial charge is 0.260 e. The summed E-state index contributed by atoms with van der Waals surface area (Å²) in [5, 5.41) is 9.63. The Morgan fingerprint density at radius 1 is 1.28 bits per heavy atom. The zero-order valence-corrected chi connectivity index (χ0v) is 9.45. The maximum Gasteiger partial charge on any atom is 0.363 e. The second-order valence-corrected chi connectivity index (χ2v) is 3.33. The molecule has 2 aromatic rings. The van der Waals surface area contributed by atoms with E-state index in [2.05, 4.69) is 25.7 Å². The van der Waals surface area contributed by atoms with Crippen molar-refractivity contribution < 1.29 is 0 Å². The minimum absolute atomic E-state index is 0.295. The number of hydrogen-bond donors (Lipinski definition) is 2. The summed E-state index contributed by atoms with van der Waals surface area (Å²) in [7, 11) is 0. The first-order valence-electron chi connectivity index (χ1n) is 5.27. The fourth-order valence-electron chi connectivity index (χ4n) is 1.23. The molecule has 1 aromatic heterocycles. The number of benzene rings is 1. The maximum absolute atomic E-state index is 10.8. The summed E-state index contributed by atoms with van der Waals surface area (Å²) in [6.07, 6.45) is 6.63. The van der Waals surface area contributed by atoms with Gasteiger partial charge in [0.2, 0.25) is 0 Å². The van der Waals surface area contributed by atoms with Gasteiger partial charge in [0.25, 0.3) is 0 Å². The van der Waals surface area contributed by atoms with Crippen molar-refractivity contribution in [3.8, 4) is 0 Å². The minimum Gasteiger partial charge on any atom is -0.260 e. The number of nitrogens with one attached hydrogen (secondary N) is 2. The summed E-state index contributed by atoms with van der Waals surface area (Å²) in [6.45, 7) is 0. The highest BCUT2D eigenvalue weighted by Crippen LogP contribution is 1.99. The summed E-state index contributed by atoms with van der Waals surface area (Å²) < 4.78 is 0. The van der Waals surface area contributed by atoms with Crippen molar-refractivity contribution in [2.24, 2.45) is 5.10 Å². The van der Waals surface area contributed by atoms with E-state index in [1.807, 2.05) is 36.4 Å². The lowest BCUT2D eigenvalue weighted by atomic mass is 10.2. The SMILES string of the molecule is O=c1nc(NN=C/C=C/c2ccccc2)cn[nH]1. The number of rotatable bonds is 4. The summed E-state index contributed by atoms with van der Waals surface area (Å²) in [6, 6.07) is 9.85. The van der Waals surface area contributed by atoms with Gasteiger partial charge in [0.1, 0.15) is 0 Å². The predicted molar refractivity (Wildman–Crippen MR) is 70.2 cm³/mol. The normalized spacial score (nSPS) is 11.1. The molecule has 1 aromatic carbocycles. The topological polar surface area (TPSA) is 83.0 Å². The number of hydrogen-bond acceptors (Lipinski definition) is 5. The van der Waals surface area contributed by atoms with Gasteiger partial charge in [-0.2, -0.15) is 15.2 Å². The van der Waals surface area contributed by atoms with E-state index < -0.39 is 5.69 Å². The molecule has 0 amide bonds. The molecule has 0 radical (unpaired) electrons. The Morgan fingerprint density at radius 2 is 2.11 bits per heavy atom. The van der Waals surface area contributed by atoms with E-state index in [9.17, 15) is 4.79 Å². The largest absolute Gasteiger partial charge is 0.363 e. The molecule has 0 spiro atoms. The van der Waals surface area contributed by atoms with E-state index in [1.54, 1.807) is 12.3 Å². The fraction of sp³-hybridized carbons (Fsp3) is 0. The second kappa shape index (κ2) is 6.09. The standard InChI is InChI=1S/C12H11N5O/c18-12-15-11(9-14-17-12)16-13-8-4-7-10-5-2-1-3-6-10/h1-9H,(H2,15,16,17,18)/b7-4+,13-8?. The van der Waals surface area contributed by atoms with E-state index >= 15 is 0 Å². The first kappa shape index (κ1) is 11.7. The zero-order chi connectivity index (χ0) is 12.6. The van der Waals surface area contributed by atoms with Crippen molar-refractivity contribution in [1.29, 1.82) is 0 Å². The lowest BCUT2D eigenvalue weighted by molar-refractivity contribution is 0.913. The van der Waals surface area contributed by atoms with Crippen molar-refractivity contribution in [3.63, 3.8) is 0 Å². The molecule has 2 rings (SSSR count). The molecule has 0 unspecified atom stereocenters. The average Bonchev–Trinajstić information content (AvgIpc) is 2.40. The molecule has 1 heterocycles. The van der Waals surface area contributed by atoms with Gasteiger partial charge < -0.3 is 0 Å². The predicted octanol–water partition coefficient (Wildman–Crippen LogP) is 1.28. The van der Waals surface area contributed by atoms with Crippen LogP contribution in [0.25, 0.3) is 6.08 Å². The molecule has 2 N–H and O–H groups in total. The van der Waals surface area contributed by atoms with Crippen LogP contribution in [-0.4, -0.2) is 21.4 Å². The van der Waals surface area contributed by atoms with E-state index in [-0.39, 0.29) is 0 Å². The van der Waals surface area contributed by atoms with Crippen LogP contribution >= 0.6 is 0 Å². The average molecular weight is 241 g/mol. The Balaban J connectivity index is 1.89. The highest BCUT2D eigenvalue weighted by atomic mass is 16.1. The van der Waals surface area contributed by atoms with Crippen molar-refractivity contribution in [1.82, 2.24) is 15.2 Å². The Morgan fingerprint density at radius 3 is 2.89 bits per heavy atom. The van der Waals surface area contributed by atoms with E-state index in [1.165, 1.54) is 6.20 Å². The Kier molecular flexibility index (Phi) is 3.97. The molecule has 0 aliphatic carbocycles. The summed E-state index contributed by atoms with van der Waals surface area (Å²) in [5.41, 5.74) is 3.16. The third-order valence-electron chi connectivity index (χ3n) is 2.00. The van der Waals surface area contributed by atoms with Gasteiger partial charge in [-0.1, -0.05) is 36.4 Å². The van der Waals surface area contributed by atoms with Gasteiger partial charge in [0.15, 0.2) is 5.82 Å². The van der Waals surface area contributed by atoms with Crippen LogP contribution in [0.15, 0.2) is 52.5 Å². The lowest BCUT2D eigenvalue weighted by Crippen LogP contribution is -2.12. The van der Waals surface area contributed by atoms with Gasteiger partial charge in [-0.3, -0.25) is 5.43 Å². The molecular formula is C12H11N5O. The first-order chi connectivity index (χ1) is 8.84. The molecule has 0 atom stereocenters. The lowest BCUT2D eigenvalue weighted by Gasteiger charge is -1.94. The maximum atomic E-state index is 10.8. The molecule has 90 valence electrons. The van der Waals surface area contributed by atoms with Crippen LogP contribution in [0.5, 0.6) is 0 Å². The highest BCUT2D eigenvalue weighted by molar-refractivity contribution is 5.78. The number of nitrogens with zero attached hydrogens (tertiary/aromatic N) is 3. The second-order valence-electron chi connectivity index (χ2n) is 3.33. The van der Waals surface area contributed by atoms with E-state index in [4.69, 9.17) is 0 Å².